The molecule has 0 amide bonds. The second kappa shape index (κ2) is 4.37. The maximum absolute atomic E-state index is 12.7. The summed E-state index contributed by atoms with van der Waals surface area (Å²) in [5, 5.41) is 0. The molecule has 0 aliphatic rings. The van der Waals surface area contributed by atoms with E-state index in [0.29, 0.717) is 10.0 Å². The summed E-state index contributed by atoms with van der Waals surface area (Å²) in [5.41, 5.74) is 0.454. The Labute approximate surface area is 90.1 Å². The van der Waals surface area contributed by atoms with Crippen LogP contribution in [0.15, 0.2) is 22.7 Å². The molecule has 0 saturated carbocycles. The minimum atomic E-state index is -3.50. The lowest BCUT2D eigenvalue weighted by atomic mass is 10.2. The lowest BCUT2D eigenvalue weighted by Gasteiger charge is -2.04. The minimum Gasteiger partial charge on any atom is -0.265 e. The summed E-state index contributed by atoms with van der Waals surface area (Å²) in [6.45, 7) is -0.169. The maximum atomic E-state index is 12.7. The van der Waals surface area contributed by atoms with Gasteiger partial charge in [-0.25, -0.2) is 4.39 Å². The highest BCUT2D eigenvalue weighted by atomic mass is 79.9. The average Bonchev–Trinajstić information content (AvgIpc) is 2.05. The van der Waals surface area contributed by atoms with Crippen LogP contribution in [0.25, 0.3) is 0 Å². The first-order valence-electron chi connectivity index (χ1n) is 3.67. The molecule has 0 spiro atoms. The summed E-state index contributed by atoms with van der Waals surface area (Å²) in [6.07, 6.45) is 0.945. The Morgan fingerprint density at radius 3 is 2.71 bits per heavy atom. The first-order valence-corrected chi connectivity index (χ1v) is 6.28. The standard InChI is InChI=1S/C8H8BrFO3S/c1-14(11,12)13-5-6-4-7(10)2-3-8(6)9/h2-4H,5H2,1H3. The minimum absolute atomic E-state index is 0.169. The van der Waals surface area contributed by atoms with E-state index in [4.69, 9.17) is 0 Å². The van der Waals surface area contributed by atoms with Crippen molar-refractivity contribution in [2.45, 2.75) is 6.61 Å². The zero-order valence-electron chi connectivity index (χ0n) is 7.33. The topological polar surface area (TPSA) is 43.4 Å². The van der Waals surface area contributed by atoms with E-state index in [1.54, 1.807) is 0 Å². The Morgan fingerprint density at radius 1 is 1.50 bits per heavy atom. The summed E-state index contributed by atoms with van der Waals surface area (Å²) < 4.78 is 39.2. The maximum Gasteiger partial charge on any atom is 0.264 e. The van der Waals surface area contributed by atoms with E-state index < -0.39 is 15.9 Å². The molecule has 0 N–H and O–H groups in total. The highest BCUT2D eigenvalue weighted by Gasteiger charge is 2.06. The van der Waals surface area contributed by atoms with E-state index in [9.17, 15) is 12.8 Å². The van der Waals surface area contributed by atoms with Crippen molar-refractivity contribution in [2.75, 3.05) is 6.26 Å². The summed E-state index contributed by atoms with van der Waals surface area (Å²) in [4.78, 5) is 0. The number of hydrogen-bond donors (Lipinski definition) is 0. The molecule has 0 atom stereocenters. The van der Waals surface area contributed by atoms with Crippen LogP contribution in [0, 0.1) is 5.82 Å². The van der Waals surface area contributed by atoms with Gasteiger partial charge < -0.3 is 0 Å². The van der Waals surface area contributed by atoms with Gasteiger partial charge in [0.15, 0.2) is 0 Å². The van der Waals surface area contributed by atoms with Crippen molar-refractivity contribution >= 4 is 26.0 Å². The number of benzene rings is 1. The molecule has 0 radical (unpaired) electrons. The molecule has 0 heterocycles. The molecule has 0 fully saturated rings. The molecule has 0 aliphatic heterocycles. The Morgan fingerprint density at radius 2 is 2.14 bits per heavy atom. The molecule has 1 rings (SSSR count). The van der Waals surface area contributed by atoms with Crippen molar-refractivity contribution in [3.05, 3.63) is 34.1 Å². The van der Waals surface area contributed by atoms with Crippen LogP contribution >= 0.6 is 15.9 Å². The summed E-state index contributed by atoms with van der Waals surface area (Å²) >= 11 is 3.16. The molecule has 3 nitrogen and oxygen atoms in total. The third-order valence-corrected chi connectivity index (χ3v) is 2.76. The van der Waals surface area contributed by atoms with Crippen LogP contribution in [0.5, 0.6) is 0 Å². The van der Waals surface area contributed by atoms with Crippen LogP contribution in [0.2, 0.25) is 0 Å². The van der Waals surface area contributed by atoms with Gasteiger partial charge in [0, 0.05) is 4.47 Å². The van der Waals surface area contributed by atoms with Gasteiger partial charge in [-0.05, 0) is 23.8 Å². The van der Waals surface area contributed by atoms with Crippen LogP contribution in [-0.2, 0) is 20.9 Å². The van der Waals surface area contributed by atoms with Crippen LogP contribution in [0.1, 0.15) is 5.56 Å². The molecule has 78 valence electrons. The van der Waals surface area contributed by atoms with E-state index in [1.165, 1.54) is 18.2 Å². The average molecular weight is 283 g/mol. The zero-order valence-corrected chi connectivity index (χ0v) is 9.73. The molecular weight excluding hydrogens is 275 g/mol. The van der Waals surface area contributed by atoms with Gasteiger partial charge >= 0.3 is 0 Å². The Bertz CT molecular complexity index is 430. The number of rotatable bonds is 3. The molecule has 0 unspecified atom stereocenters. The molecule has 1 aromatic rings. The van der Waals surface area contributed by atoms with Gasteiger partial charge in [0.05, 0.1) is 12.9 Å². The Hall–Kier alpha value is -0.460. The SMILES string of the molecule is CS(=O)(=O)OCc1cc(F)ccc1Br. The van der Waals surface area contributed by atoms with E-state index in [-0.39, 0.29) is 6.61 Å². The molecule has 0 saturated heterocycles. The summed E-state index contributed by atoms with van der Waals surface area (Å²) in [6, 6.07) is 3.99. The van der Waals surface area contributed by atoms with E-state index >= 15 is 0 Å². The largest absolute Gasteiger partial charge is 0.265 e. The van der Waals surface area contributed by atoms with Crippen molar-refractivity contribution in [3.8, 4) is 0 Å². The van der Waals surface area contributed by atoms with E-state index in [1.807, 2.05) is 0 Å². The lowest BCUT2D eigenvalue weighted by Crippen LogP contribution is -2.03. The highest BCUT2D eigenvalue weighted by molar-refractivity contribution is 9.10. The fourth-order valence-electron chi connectivity index (χ4n) is 0.824. The Balaban J connectivity index is 2.81. The van der Waals surface area contributed by atoms with Crippen molar-refractivity contribution in [3.63, 3.8) is 0 Å². The monoisotopic (exact) mass is 282 g/mol. The van der Waals surface area contributed by atoms with E-state index in [2.05, 4.69) is 20.1 Å². The van der Waals surface area contributed by atoms with Crippen molar-refractivity contribution in [2.24, 2.45) is 0 Å². The lowest BCUT2D eigenvalue weighted by molar-refractivity contribution is 0.310. The molecule has 0 aliphatic carbocycles. The fourth-order valence-corrected chi connectivity index (χ4v) is 1.53. The number of hydrogen-bond acceptors (Lipinski definition) is 3. The van der Waals surface area contributed by atoms with Crippen LogP contribution in [0.3, 0.4) is 0 Å². The first kappa shape index (κ1) is 11.6. The molecule has 6 heteroatoms. The van der Waals surface area contributed by atoms with Gasteiger partial charge in [-0.3, -0.25) is 4.18 Å². The van der Waals surface area contributed by atoms with Crippen LogP contribution < -0.4 is 0 Å². The second-order valence-electron chi connectivity index (χ2n) is 2.70. The van der Waals surface area contributed by atoms with Crippen LogP contribution in [0.4, 0.5) is 4.39 Å². The highest BCUT2D eigenvalue weighted by Crippen LogP contribution is 2.19. The predicted octanol–water partition coefficient (Wildman–Crippen LogP) is 2.06. The second-order valence-corrected chi connectivity index (χ2v) is 5.20. The quantitative estimate of drug-likeness (QED) is 0.797. The summed E-state index contributed by atoms with van der Waals surface area (Å²) in [5.74, 6) is -0.430. The summed E-state index contributed by atoms with van der Waals surface area (Å²) in [7, 11) is -3.50. The molecule has 0 bridgehead atoms. The van der Waals surface area contributed by atoms with Crippen molar-refractivity contribution in [1.29, 1.82) is 0 Å². The molecular formula is C8H8BrFO3S. The molecule has 1 aromatic carbocycles. The normalized spacial score (nSPS) is 11.6. The number of halogens is 2. The van der Waals surface area contributed by atoms with Gasteiger partial charge in [-0.1, -0.05) is 15.9 Å². The van der Waals surface area contributed by atoms with Crippen molar-refractivity contribution in [1.82, 2.24) is 0 Å². The van der Waals surface area contributed by atoms with Gasteiger partial charge in [0.25, 0.3) is 10.1 Å². The Kier molecular flexibility index (Phi) is 3.63. The van der Waals surface area contributed by atoms with E-state index in [0.717, 1.165) is 6.26 Å². The van der Waals surface area contributed by atoms with Gasteiger partial charge in [-0.2, -0.15) is 8.42 Å². The third kappa shape index (κ3) is 3.73. The van der Waals surface area contributed by atoms with Crippen molar-refractivity contribution < 1.29 is 17.0 Å². The van der Waals surface area contributed by atoms with Gasteiger partial charge in [-0.15, -0.1) is 0 Å². The molecule has 14 heavy (non-hydrogen) atoms. The predicted molar refractivity (Wildman–Crippen MR) is 53.7 cm³/mol. The van der Waals surface area contributed by atoms with Gasteiger partial charge in [0.2, 0.25) is 0 Å². The fraction of sp³-hybridized carbons (Fsp3) is 0.250. The first-order chi connectivity index (χ1) is 6.38. The molecule has 0 aromatic heterocycles. The van der Waals surface area contributed by atoms with Gasteiger partial charge in [0.1, 0.15) is 5.82 Å². The smallest absolute Gasteiger partial charge is 0.264 e. The third-order valence-electron chi connectivity index (χ3n) is 1.44. The zero-order chi connectivity index (χ0) is 10.8. The van der Waals surface area contributed by atoms with Crippen LogP contribution in [-0.4, -0.2) is 14.7 Å².